The second-order valence-corrected chi connectivity index (χ2v) is 4.72. The predicted octanol–water partition coefficient (Wildman–Crippen LogP) is 2.08. The average molecular weight is 310 g/mol. The molecule has 1 heterocycles. The minimum Gasteiger partial charge on any atom is -0.339 e. The molecule has 1 aromatic carbocycles. The van der Waals surface area contributed by atoms with Crippen LogP contribution in [0.25, 0.3) is 11.4 Å². The van der Waals surface area contributed by atoms with Gasteiger partial charge in [-0.25, -0.2) is 4.39 Å². The molecule has 0 unspecified atom stereocenters. The lowest BCUT2D eigenvalue weighted by Gasteiger charge is -2.10. The quantitative estimate of drug-likeness (QED) is 0.454. The van der Waals surface area contributed by atoms with Gasteiger partial charge in [-0.2, -0.15) is 4.98 Å². The van der Waals surface area contributed by atoms with Crippen molar-refractivity contribution in [2.45, 2.75) is 25.4 Å². The van der Waals surface area contributed by atoms with E-state index in [0.29, 0.717) is 0 Å². The minimum absolute atomic E-state index is 0.0167. The summed E-state index contributed by atoms with van der Waals surface area (Å²) >= 11 is 0. The molecule has 0 aliphatic heterocycles. The summed E-state index contributed by atoms with van der Waals surface area (Å²) < 4.78 is 18.4. The molecule has 1 aromatic heterocycles. The van der Waals surface area contributed by atoms with E-state index in [4.69, 9.17) is 4.52 Å². The third-order valence-electron chi connectivity index (χ3n) is 3.18. The Morgan fingerprint density at radius 2 is 1.91 bits per heavy atom. The van der Waals surface area contributed by atoms with Crippen molar-refractivity contribution in [3.05, 3.63) is 56.2 Å². The molecule has 2 aromatic rings. The molecule has 0 fully saturated rings. The van der Waals surface area contributed by atoms with E-state index in [1.807, 2.05) is 0 Å². The Balaban J connectivity index is 2.15. The van der Waals surface area contributed by atoms with Crippen LogP contribution in [0.1, 0.15) is 19.2 Å². The molecule has 0 atom stereocenters. The van der Waals surface area contributed by atoms with Crippen LogP contribution in [0.4, 0.5) is 4.39 Å². The monoisotopic (exact) mass is 310 g/mol. The number of aryl methyl sites for hydroxylation is 1. The average Bonchev–Trinajstić information content (AvgIpc) is 2.93. The lowest BCUT2D eigenvalue weighted by Crippen LogP contribution is -2.43. The van der Waals surface area contributed by atoms with Gasteiger partial charge in [0.2, 0.25) is 11.7 Å². The van der Waals surface area contributed by atoms with E-state index < -0.39 is 27.7 Å². The Bertz CT molecular complexity index is 703. The minimum atomic E-state index is -2.34. The highest BCUT2D eigenvalue weighted by Gasteiger charge is 2.50. The van der Waals surface area contributed by atoms with Crippen LogP contribution >= 0.6 is 0 Å². The Morgan fingerprint density at radius 1 is 1.27 bits per heavy atom. The van der Waals surface area contributed by atoms with Crippen LogP contribution in [0.15, 0.2) is 28.8 Å². The number of nitro groups is 2. The van der Waals surface area contributed by atoms with Crippen LogP contribution in [0.3, 0.4) is 0 Å². The van der Waals surface area contributed by atoms with Gasteiger partial charge in [-0.1, -0.05) is 17.3 Å². The number of hydrogen-bond donors (Lipinski definition) is 0. The third kappa shape index (κ3) is 2.90. The highest BCUT2D eigenvalue weighted by atomic mass is 19.1. The highest BCUT2D eigenvalue weighted by molar-refractivity contribution is 5.54. The zero-order valence-corrected chi connectivity index (χ0v) is 11.4. The molecule has 0 aliphatic rings. The summed E-state index contributed by atoms with van der Waals surface area (Å²) in [6.45, 7) is 0.904. The first-order chi connectivity index (χ1) is 10.3. The number of hydrogen-bond acceptors (Lipinski definition) is 7. The molecule has 116 valence electrons. The van der Waals surface area contributed by atoms with E-state index in [0.717, 1.165) is 6.92 Å². The molecule has 0 amide bonds. The van der Waals surface area contributed by atoms with E-state index in [-0.39, 0.29) is 23.7 Å². The number of nitrogens with zero attached hydrogens (tertiary/aromatic N) is 4. The van der Waals surface area contributed by atoms with Crippen LogP contribution in [0, 0.1) is 26.0 Å². The summed E-state index contributed by atoms with van der Waals surface area (Å²) in [5, 5.41) is 25.2. The maximum Gasteiger partial charge on any atom is 0.456 e. The summed E-state index contributed by atoms with van der Waals surface area (Å²) in [5.74, 6) is -0.597. The van der Waals surface area contributed by atoms with Crippen molar-refractivity contribution >= 4 is 0 Å². The summed E-state index contributed by atoms with van der Waals surface area (Å²) in [5.41, 5.74) is -2.23. The van der Waals surface area contributed by atoms with E-state index in [9.17, 15) is 24.6 Å². The van der Waals surface area contributed by atoms with Gasteiger partial charge in [-0.15, -0.1) is 0 Å². The predicted molar refractivity (Wildman–Crippen MR) is 70.4 cm³/mol. The normalized spacial score (nSPS) is 11.4. The van der Waals surface area contributed by atoms with Crippen LogP contribution < -0.4 is 0 Å². The zero-order valence-electron chi connectivity index (χ0n) is 11.4. The summed E-state index contributed by atoms with van der Waals surface area (Å²) in [6, 6.07) is 5.76. The molecular formula is C12H11FN4O5. The van der Waals surface area contributed by atoms with Gasteiger partial charge in [-0.05, 0) is 12.1 Å². The smallest absolute Gasteiger partial charge is 0.339 e. The Kier molecular flexibility index (Phi) is 4.11. The van der Waals surface area contributed by atoms with Gasteiger partial charge in [0.1, 0.15) is 5.82 Å². The van der Waals surface area contributed by atoms with Crippen molar-refractivity contribution in [3.8, 4) is 11.4 Å². The maximum absolute atomic E-state index is 13.6. The first-order valence-corrected chi connectivity index (χ1v) is 6.21. The Morgan fingerprint density at radius 3 is 2.50 bits per heavy atom. The molecule has 0 aliphatic carbocycles. The Labute approximate surface area is 123 Å². The van der Waals surface area contributed by atoms with E-state index >= 15 is 0 Å². The second-order valence-electron chi connectivity index (χ2n) is 4.72. The molecule has 0 N–H and O–H groups in total. The summed E-state index contributed by atoms with van der Waals surface area (Å²) in [4.78, 5) is 23.6. The number of benzene rings is 1. The van der Waals surface area contributed by atoms with Crippen molar-refractivity contribution in [3.63, 3.8) is 0 Å². The largest absolute Gasteiger partial charge is 0.456 e. The first-order valence-electron chi connectivity index (χ1n) is 6.21. The lowest BCUT2D eigenvalue weighted by molar-refractivity contribution is -0.793. The lowest BCUT2D eigenvalue weighted by atomic mass is 10.1. The van der Waals surface area contributed by atoms with Crippen molar-refractivity contribution in [1.29, 1.82) is 0 Å². The molecule has 2 rings (SSSR count). The van der Waals surface area contributed by atoms with Gasteiger partial charge in [-0.3, -0.25) is 20.2 Å². The number of halogens is 1. The fourth-order valence-electron chi connectivity index (χ4n) is 1.70. The van der Waals surface area contributed by atoms with Gasteiger partial charge < -0.3 is 4.52 Å². The second kappa shape index (κ2) is 5.84. The summed E-state index contributed by atoms with van der Waals surface area (Å²) in [7, 11) is 0. The standard InChI is InChI=1S/C12H11FN4O5/c1-12(16(18)19,17(20)21)7-6-10-14-11(15-22-10)8-4-2-3-5-9(8)13/h2-5H,6-7H2,1H3. The van der Waals surface area contributed by atoms with Gasteiger partial charge in [0, 0.05) is 6.42 Å². The van der Waals surface area contributed by atoms with E-state index in [1.54, 1.807) is 6.07 Å². The number of aromatic nitrogens is 2. The number of rotatable bonds is 6. The van der Waals surface area contributed by atoms with Gasteiger partial charge in [0.25, 0.3) is 0 Å². The van der Waals surface area contributed by atoms with Crippen LogP contribution in [-0.2, 0) is 6.42 Å². The molecule has 9 nitrogen and oxygen atoms in total. The van der Waals surface area contributed by atoms with Crippen LogP contribution in [0.2, 0.25) is 0 Å². The van der Waals surface area contributed by atoms with Crippen molar-refractivity contribution in [1.82, 2.24) is 10.1 Å². The molecule has 0 saturated heterocycles. The molecular weight excluding hydrogens is 299 g/mol. The van der Waals surface area contributed by atoms with E-state index in [2.05, 4.69) is 10.1 Å². The van der Waals surface area contributed by atoms with E-state index in [1.165, 1.54) is 18.2 Å². The molecule has 10 heteroatoms. The molecule has 0 spiro atoms. The molecule has 22 heavy (non-hydrogen) atoms. The van der Waals surface area contributed by atoms with Gasteiger partial charge in [0.05, 0.1) is 28.8 Å². The summed E-state index contributed by atoms with van der Waals surface area (Å²) in [6.07, 6.45) is -0.591. The first kappa shape index (κ1) is 15.5. The maximum atomic E-state index is 13.6. The van der Waals surface area contributed by atoms with Crippen molar-refractivity contribution in [2.24, 2.45) is 0 Å². The third-order valence-corrected chi connectivity index (χ3v) is 3.18. The molecule has 0 bridgehead atoms. The van der Waals surface area contributed by atoms with Crippen molar-refractivity contribution in [2.75, 3.05) is 0 Å². The molecule has 0 saturated carbocycles. The molecule has 0 radical (unpaired) electrons. The topological polar surface area (TPSA) is 125 Å². The van der Waals surface area contributed by atoms with Crippen LogP contribution in [0.5, 0.6) is 0 Å². The highest BCUT2D eigenvalue weighted by Crippen LogP contribution is 2.22. The van der Waals surface area contributed by atoms with Gasteiger partial charge >= 0.3 is 5.66 Å². The zero-order chi connectivity index (χ0) is 16.3. The Hall–Kier alpha value is -2.91. The van der Waals surface area contributed by atoms with Crippen molar-refractivity contribution < 1.29 is 18.8 Å². The van der Waals surface area contributed by atoms with Gasteiger partial charge in [0.15, 0.2) is 0 Å². The SMILES string of the molecule is CC(CCc1nc(-c2ccccc2F)no1)([N+](=O)[O-])[N+](=O)[O-]. The fourth-order valence-corrected chi connectivity index (χ4v) is 1.70. The fraction of sp³-hybridized carbons (Fsp3) is 0.333. The van der Waals surface area contributed by atoms with Crippen LogP contribution in [-0.4, -0.2) is 25.7 Å².